The molecule has 1 aliphatic rings. The lowest BCUT2D eigenvalue weighted by molar-refractivity contribution is -0.180. The SMILES string of the molecule is CC(C)(C)OC(=O)N1CC(C)([C@](O)(c2ccc(C(C)(C)C(F)(F)F)cc2)c2cncc(-c3noc(C(C)(C)O)n3)c2)C1. The highest BCUT2D eigenvalue weighted by Gasteiger charge is 2.58. The van der Waals surface area contributed by atoms with Gasteiger partial charge in [0.15, 0.2) is 0 Å². The Balaban J connectivity index is 1.79. The first kappa shape index (κ1) is 31.4. The van der Waals surface area contributed by atoms with Gasteiger partial charge in [-0.25, -0.2) is 4.79 Å². The van der Waals surface area contributed by atoms with Crippen LogP contribution in [-0.4, -0.2) is 61.2 Å². The maximum absolute atomic E-state index is 13.7. The molecule has 1 saturated heterocycles. The third-order valence-electron chi connectivity index (χ3n) is 7.70. The monoisotopic (exact) mass is 590 g/mol. The summed E-state index contributed by atoms with van der Waals surface area (Å²) in [6.07, 6.45) is -2.10. The second-order valence-electron chi connectivity index (χ2n) is 13.3. The van der Waals surface area contributed by atoms with E-state index in [1.165, 1.54) is 55.4 Å². The molecule has 0 aliphatic carbocycles. The Hall–Kier alpha value is -3.51. The summed E-state index contributed by atoms with van der Waals surface area (Å²) in [7, 11) is 0. The summed E-state index contributed by atoms with van der Waals surface area (Å²) in [5.41, 5.74) is -5.96. The normalized spacial score (nSPS) is 17.4. The summed E-state index contributed by atoms with van der Waals surface area (Å²) in [4.78, 5) is 22.8. The average Bonchev–Trinajstić information content (AvgIpc) is 3.36. The summed E-state index contributed by atoms with van der Waals surface area (Å²) < 4.78 is 51.9. The van der Waals surface area contributed by atoms with E-state index in [4.69, 9.17) is 9.26 Å². The van der Waals surface area contributed by atoms with Gasteiger partial charge in [0.05, 0.1) is 5.41 Å². The molecule has 42 heavy (non-hydrogen) atoms. The van der Waals surface area contributed by atoms with Gasteiger partial charge in [-0.15, -0.1) is 0 Å². The summed E-state index contributed by atoms with van der Waals surface area (Å²) in [5, 5.41) is 26.7. The highest BCUT2D eigenvalue weighted by Crippen LogP contribution is 2.51. The lowest BCUT2D eigenvalue weighted by Gasteiger charge is -2.56. The molecule has 0 saturated carbocycles. The molecule has 1 amide bonds. The molecule has 1 fully saturated rings. The maximum Gasteiger partial charge on any atom is 0.410 e. The van der Waals surface area contributed by atoms with Crippen molar-refractivity contribution < 1.29 is 37.4 Å². The van der Waals surface area contributed by atoms with Gasteiger partial charge < -0.3 is 24.4 Å². The Morgan fingerprint density at radius 1 is 0.952 bits per heavy atom. The van der Waals surface area contributed by atoms with Gasteiger partial charge in [-0.1, -0.05) is 36.3 Å². The van der Waals surface area contributed by atoms with Gasteiger partial charge in [0.25, 0.3) is 5.89 Å². The largest absolute Gasteiger partial charge is 0.444 e. The van der Waals surface area contributed by atoms with Crippen molar-refractivity contribution >= 4 is 6.09 Å². The molecule has 9 nitrogen and oxygen atoms in total. The Labute approximate surface area is 242 Å². The van der Waals surface area contributed by atoms with E-state index >= 15 is 0 Å². The first-order valence-corrected chi connectivity index (χ1v) is 13.5. The minimum Gasteiger partial charge on any atom is -0.444 e. The highest BCUT2D eigenvalue weighted by atomic mass is 19.4. The molecule has 1 aromatic carbocycles. The Kier molecular flexibility index (Phi) is 7.52. The fraction of sp³-hybridized carbons (Fsp3) is 0.533. The summed E-state index contributed by atoms with van der Waals surface area (Å²) in [6.45, 7) is 12.4. The smallest absolute Gasteiger partial charge is 0.410 e. The van der Waals surface area contributed by atoms with Crippen molar-refractivity contribution in [2.45, 2.75) is 83.8 Å². The standard InChI is InChI=1S/C30H37F3N4O5/c1-25(2,3)41-24(38)37-16-28(8,17-37)29(40,20-11-9-19(10-12-20)26(4,5)30(31,32)33)21-13-18(14-34-15-21)22-35-23(42-36-22)27(6,7)39/h9-15,39-40H,16-17H2,1-8H3/t29-/m0/s1. The van der Waals surface area contributed by atoms with Crippen LogP contribution in [0.3, 0.4) is 0 Å². The van der Waals surface area contributed by atoms with Gasteiger partial charge >= 0.3 is 12.3 Å². The second-order valence-corrected chi connectivity index (χ2v) is 13.3. The van der Waals surface area contributed by atoms with Gasteiger partial charge in [0.1, 0.15) is 16.8 Å². The van der Waals surface area contributed by atoms with Crippen molar-refractivity contribution in [2.75, 3.05) is 13.1 Å². The number of hydrogen-bond acceptors (Lipinski definition) is 8. The van der Waals surface area contributed by atoms with Crippen molar-refractivity contribution in [2.24, 2.45) is 5.41 Å². The number of likely N-dealkylation sites (tertiary alicyclic amines) is 1. The second kappa shape index (κ2) is 10.0. The van der Waals surface area contributed by atoms with Crippen LogP contribution < -0.4 is 0 Å². The van der Waals surface area contributed by atoms with Crippen LogP contribution in [0.15, 0.2) is 47.2 Å². The van der Waals surface area contributed by atoms with Crippen molar-refractivity contribution in [3.8, 4) is 11.4 Å². The first-order valence-electron chi connectivity index (χ1n) is 13.5. The lowest BCUT2D eigenvalue weighted by Crippen LogP contribution is -2.66. The molecule has 1 aliphatic heterocycles. The molecule has 3 heterocycles. The summed E-state index contributed by atoms with van der Waals surface area (Å²) in [6, 6.07) is 7.26. The molecule has 3 aromatic rings. The van der Waals surface area contributed by atoms with Crippen molar-refractivity contribution in [3.05, 3.63) is 65.3 Å². The quantitative estimate of drug-likeness (QED) is 0.376. The number of nitrogens with zero attached hydrogens (tertiary/aromatic N) is 4. The van der Waals surface area contributed by atoms with Gasteiger partial charge in [-0.05, 0) is 65.7 Å². The predicted molar refractivity (Wildman–Crippen MR) is 147 cm³/mol. The minimum absolute atomic E-state index is 0.0139. The van der Waals surface area contributed by atoms with Crippen LogP contribution in [0.5, 0.6) is 0 Å². The zero-order valence-electron chi connectivity index (χ0n) is 25.0. The number of amides is 1. The number of hydrogen-bond donors (Lipinski definition) is 2. The van der Waals surface area contributed by atoms with E-state index in [0.29, 0.717) is 16.7 Å². The fourth-order valence-corrected chi connectivity index (χ4v) is 4.99. The van der Waals surface area contributed by atoms with Crippen LogP contribution in [0.2, 0.25) is 0 Å². The van der Waals surface area contributed by atoms with Crippen LogP contribution in [-0.2, 0) is 21.4 Å². The number of carbonyl (C=O) groups is 1. The van der Waals surface area contributed by atoms with E-state index in [2.05, 4.69) is 15.1 Å². The van der Waals surface area contributed by atoms with E-state index in [1.54, 1.807) is 33.8 Å². The van der Waals surface area contributed by atoms with E-state index in [-0.39, 0.29) is 30.4 Å². The fourth-order valence-electron chi connectivity index (χ4n) is 4.99. The number of ether oxygens (including phenoxy) is 1. The highest BCUT2D eigenvalue weighted by molar-refractivity contribution is 5.70. The van der Waals surface area contributed by atoms with E-state index in [0.717, 1.165) is 13.8 Å². The number of halogens is 3. The Morgan fingerprint density at radius 3 is 2.02 bits per heavy atom. The van der Waals surface area contributed by atoms with Crippen LogP contribution >= 0.6 is 0 Å². The zero-order valence-corrected chi connectivity index (χ0v) is 25.0. The maximum atomic E-state index is 13.7. The van der Waals surface area contributed by atoms with Crippen molar-refractivity contribution in [1.29, 1.82) is 0 Å². The molecule has 228 valence electrons. The number of aromatic nitrogens is 3. The van der Waals surface area contributed by atoms with Gasteiger partial charge in [0.2, 0.25) is 5.82 Å². The van der Waals surface area contributed by atoms with E-state index < -0.39 is 39.9 Å². The minimum atomic E-state index is -4.48. The van der Waals surface area contributed by atoms with Crippen LogP contribution in [0.4, 0.5) is 18.0 Å². The number of aliphatic hydroxyl groups is 2. The van der Waals surface area contributed by atoms with Crippen LogP contribution in [0, 0.1) is 5.41 Å². The Morgan fingerprint density at radius 2 is 1.52 bits per heavy atom. The topological polar surface area (TPSA) is 122 Å². The van der Waals surface area contributed by atoms with Gasteiger partial charge in [-0.2, -0.15) is 18.2 Å². The lowest BCUT2D eigenvalue weighted by atomic mass is 9.62. The van der Waals surface area contributed by atoms with Gasteiger partial charge in [0, 0.05) is 42.0 Å². The average molecular weight is 591 g/mol. The molecular weight excluding hydrogens is 553 g/mol. The summed E-state index contributed by atoms with van der Waals surface area (Å²) >= 11 is 0. The van der Waals surface area contributed by atoms with E-state index in [9.17, 15) is 28.2 Å². The molecule has 0 spiro atoms. The number of benzene rings is 1. The molecule has 2 aromatic heterocycles. The summed E-state index contributed by atoms with van der Waals surface area (Å²) in [5.74, 6) is 0.111. The Bertz CT molecular complexity index is 1450. The molecule has 12 heteroatoms. The number of carbonyl (C=O) groups excluding carboxylic acids is 1. The molecule has 4 rings (SSSR count). The third-order valence-corrected chi connectivity index (χ3v) is 7.70. The molecule has 0 bridgehead atoms. The third kappa shape index (κ3) is 5.61. The molecule has 1 atom stereocenters. The molecule has 0 radical (unpaired) electrons. The molecular formula is C30H37F3N4O5. The van der Waals surface area contributed by atoms with Crippen LogP contribution in [0.25, 0.3) is 11.4 Å². The van der Waals surface area contributed by atoms with Crippen molar-refractivity contribution in [3.63, 3.8) is 0 Å². The number of alkyl halides is 3. The van der Waals surface area contributed by atoms with Gasteiger partial charge in [-0.3, -0.25) is 4.98 Å². The molecule has 2 N–H and O–H groups in total. The number of rotatable bonds is 6. The van der Waals surface area contributed by atoms with Crippen molar-refractivity contribution in [1.82, 2.24) is 20.0 Å². The first-order chi connectivity index (χ1) is 19.1. The van der Waals surface area contributed by atoms with E-state index in [1.807, 2.05) is 0 Å². The predicted octanol–water partition coefficient (Wildman–Crippen LogP) is 5.69. The zero-order chi connectivity index (χ0) is 31.5. The molecule has 0 unspecified atom stereocenters. The van der Waals surface area contributed by atoms with Crippen LogP contribution in [0.1, 0.15) is 78.0 Å². The number of pyridine rings is 1.